The second-order valence-electron chi connectivity index (χ2n) is 4.50. The number of cyclic esters (lactones) is 1. The number of nitrogens with zero attached hydrogens (tertiary/aromatic N) is 1. The third-order valence-electron chi connectivity index (χ3n) is 2.94. The molecule has 1 atom stereocenters. The fourth-order valence-electron chi connectivity index (χ4n) is 1.99. The maximum atomic E-state index is 11.3. The Balaban J connectivity index is 1.97. The highest BCUT2D eigenvalue weighted by atomic mass is 16.6. The molecular formula is C13H23NO2. The topological polar surface area (TPSA) is 38.7 Å². The van der Waals surface area contributed by atoms with Gasteiger partial charge in [0.25, 0.3) is 0 Å². The van der Waals surface area contributed by atoms with E-state index in [9.17, 15) is 4.79 Å². The molecule has 0 aromatic carbocycles. The summed E-state index contributed by atoms with van der Waals surface area (Å²) in [4.78, 5) is 15.4. The lowest BCUT2D eigenvalue weighted by Crippen LogP contribution is -2.14. The number of aliphatic imine (C=N–C) groups is 1. The first-order valence-corrected chi connectivity index (χ1v) is 6.50. The van der Waals surface area contributed by atoms with E-state index in [1.807, 2.05) is 0 Å². The average molecular weight is 225 g/mol. The first-order chi connectivity index (χ1) is 7.74. The molecule has 3 heteroatoms. The zero-order chi connectivity index (χ0) is 11.8. The van der Waals surface area contributed by atoms with Crippen LogP contribution in [0, 0.1) is 0 Å². The van der Waals surface area contributed by atoms with E-state index < -0.39 is 0 Å². The van der Waals surface area contributed by atoms with E-state index in [1.54, 1.807) is 6.92 Å². The molecule has 0 bridgehead atoms. The van der Waals surface area contributed by atoms with E-state index in [0.717, 1.165) is 12.8 Å². The summed E-state index contributed by atoms with van der Waals surface area (Å²) in [6, 6.07) is -0.212. The molecule has 1 heterocycles. The van der Waals surface area contributed by atoms with Crippen molar-refractivity contribution < 1.29 is 9.53 Å². The Kier molecular flexibility index (Phi) is 6.12. The van der Waals surface area contributed by atoms with Crippen molar-refractivity contribution in [1.82, 2.24) is 0 Å². The van der Waals surface area contributed by atoms with Gasteiger partial charge in [0.1, 0.15) is 0 Å². The van der Waals surface area contributed by atoms with Crippen molar-refractivity contribution in [3.05, 3.63) is 0 Å². The van der Waals surface area contributed by atoms with Crippen LogP contribution < -0.4 is 0 Å². The Morgan fingerprint density at radius 2 is 1.75 bits per heavy atom. The molecule has 0 aromatic heterocycles. The van der Waals surface area contributed by atoms with Gasteiger partial charge in [-0.3, -0.25) is 0 Å². The van der Waals surface area contributed by atoms with Crippen LogP contribution >= 0.6 is 0 Å². The third kappa shape index (κ3) is 4.77. The molecule has 0 spiro atoms. The quantitative estimate of drug-likeness (QED) is 0.468. The lowest BCUT2D eigenvalue weighted by Gasteiger charge is -2.03. The molecule has 0 amide bonds. The molecule has 1 aliphatic rings. The fraction of sp³-hybridized carbons (Fsp3) is 0.846. The number of hydrogen-bond donors (Lipinski definition) is 0. The van der Waals surface area contributed by atoms with Crippen molar-refractivity contribution in [1.29, 1.82) is 0 Å². The predicted molar refractivity (Wildman–Crippen MR) is 65.6 cm³/mol. The van der Waals surface area contributed by atoms with Crippen LogP contribution in [-0.2, 0) is 9.53 Å². The van der Waals surface area contributed by atoms with Crippen LogP contribution in [-0.4, -0.2) is 17.9 Å². The molecule has 0 saturated carbocycles. The van der Waals surface area contributed by atoms with Crippen molar-refractivity contribution in [2.45, 2.75) is 71.3 Å². The second-order valence-corrected chi connectivity index (χ2v) is 4.50. The standard InChI is InChI=1S/C13H23NO2/c1-3-4-5-6-7-8-9-10-12-13(15)16-11(2)14-12/h12H,3-10H2,1-2H3. The molecule has 0 aliphatic carbocycles. The molecule has 0 N–H and O–H groups in total. The summed E-state index contributed by atoms with van der Waals surface area (Å²) < 4.78 is 4.89. The van der Waals surface area contributed by atoms with Gasteiger partial charge < -0.3 is 4.74 Å². The Labute approximate surface area is 98.3 Å². The van der Waals surface area contributed by atoms with Crippen LogP contribution in [0.4, 0.5) is 0 Å². The summed E-state index contributed by atoms with van der Waals surface area (Å²) in [5.41, 5.74) is 0. The Bertz CT molecular complexity index is 248. The molecule has 3 nitrogen and oxygen atoms in total. The van der Waals surface area contributed by atoms with Gasteiger partial charge in [0, 0.05) is 6.92 Å². The summed E-state index contributed by atoms with van der Waals surface area (Å²) in [5.74, 6) is 0.362. The lowest BCUT2D eigenvalue weighted by atomic mass is 10.1. The highest BCUT2D eigenvalue weighted by molar-refractivity contribution is 5.95. The maximum Gasteiger partial charge on any atom is 0.337 e. The highest BCUT2D eigenvalue weighted by Crippen LogP contribution is 2.15. The number of carbonyl (C=O) groups is 1. The minimum atomic E-state index is -0.212. The number of unbranched alkanes of at least 4 members (excludes halogenated alkanes) is 6. The zero-order valence-corrected chi connectivity index (χ0v) is 10.5. The molecule has 16 heavy (non-hydrogen) atoms. The van der Waals surface area contributed by atoms with Gasteiger partial charge in [-0.05, 0) is 6.42 Å². The average Bonchev–Trinajstić information content (AvgIpc) is 2.56. The van der Waals surface area contributed by atoms with Crippen LogP contribution in [0.2, 0.25) is 0 Å². The van der Waals surface area contributed by atoms with Gasteiger partial charge in [-0.25, -0.2) is 9.79 Å². The molecule has 1 rings (SSSR count). The van der Waals surface area contributed by atoms with Crippen molar-refractivity contribution in [2.75, 3.05) is 0 Å². The van der Waals surface area contributed by atoms with Crippen LogP contribution in [0.3, 0.4) is 0 Å². The van der Waals surface area contributed by atoms with Gasteiger partial charge >= 0.3 is 5.97 Å². The van der Waals surface area contributed by atoms with E-state index in [1.165, 1.54) is 38.5 Å². The monoisotopic (exact) mass is 225 g/mol. The Hall–Kier alpha value is -0.860. The molecule has 1 aliphatic heterocycles. The van der Waals surface area contributed by atoms with Gasteiger partial charge in [0.15, 0.2) is 11.9 Å². The zero-order valence-electron chi connectivity index (χ0n) is 10.5. The van der Waals surface area contributed by atoms with Gasteiger partial charge in [-0.15, -0.1) is 0 Å². The summed E-state index contributed by atoms with van der Waals surface area (Å²) in [7, 11) is 0. The molecule has 92 valence electrons. The van der Waals surface area contributed by atoms with Crippen LogP contribution in [0.1, 0.15) is 65.2 Å². The minimum absolute atomic E-state index is 0.163. The Morgan fingerprint density at radius 3 is 2.31 bits per heavy atom. The third-order valence-corrected chi connectivity index (χ3v) is 2.94. The molecular weight excluding hydrogens is 202 g/mol. The van der Waals surface area contributed by atoms with Crippen molar-refractivity contribution >= 4 is 11.9 Å². The molecule has 0 aromatic rings. The highest BCUT2D eigenvalue weighted by Gasteiger charge is 2.25. The number of ether oxygens (including phenoxy) is 1. The van der Waals surface area contributed by atoms with E-state index >= 15 is 0 Å². The molecule has 0 fully saturated rings. The minimum Gasteiger partial charge on any atom is -0.411 e. The summed E-state index contributed by atoms with van der Waals surface area (Å²) in [5, 5.41) is 0. The Morgan fingerprint density at radius 1 is 1.12 bits per heavy atom. The second kappa shape index (κ2) is 7.42. The van der Waals surface area contributed by atoms with E-state index in [2.05, 4.69) is 11.9 Å². The van der Waals surface area contributed by atoms with Gasteiger partial charge in [0.05, 0.1) is 0 Å². The summed E-state index contributed by atoms with van der Waals surface area (Å²) >= 11 is 0. The maximum absolute atomic E-state index is 11.3. The van der Waals surface area contributed by atoms with Crippen molar-refractivity contribution in [3.63, 3.8) is 0 Å². The van der Waals surface area contributed by atoms with E-state index in [4.69, 9.17) is 4.74 Å². The smallest absolute Gasteiger partial charge is 0.337 e. The number of carbonyl (C=O) groups excluding carboxylic acids is 1. The lowest BCUT2D eigenvalue weighted by molar-refractivity contribution is -0.135. The normalized spacial score (nSPS) is 19.8. The predicted octanol–water partition coefficient (Wildman–Crippen LogP) is 3.47. The molecule has 0 radical (unpaired) electrons. The fourth-order valence-corrected chi connectivity index (χ4v) is 1.99. The summed E-state index contributed by atoms with van der Waals surface area (Å²) in [6.45, 7) is 3.97. The summed E-state index contributed by atoms with van der Waals surface area (Å²) in [6.07, 6.45) is 9.74. The van der Waals surface area contributed by atoms with Crippen molar-refractivity contribution in [2.24, 2.45) is 4.99 Å². The molecule has 1 unspecified atom stereocenters. The number of rotatable bonds is 8. The van der Waals surface area contributed by atoms with Crippen LogP contribution in [0.5, 0.6) is 0 Å². The molecule has 0 saturated heterocycles. The first-order valence-electron chi connectivity index (χ1n) is 6.50. The van der Waals surface area contributed by atoms with E-state index in [0.29, 0.717) is 5.90 Å². The van der Waals surface area contributed by atoms with Gasteiger partial charge in [0.2, 0.25) is 0 Å². The largest absolute Gasteiger partial charge is 0.411 e. The number of esters is 1. The van der Waals surface area contributed by atoms with Gasteiger partial charge in [-0.1, -0.05) is 51.9 Å². The SMILES string of the molecule is CCCCCCCCCC1N=C(C)OC1=O. The van der Waals surface area contributed by atoms with E-state index in [-0.39, 0.29) is 12.0 Å². The first kappa shape index (κ1) is 13.2. The number of hydrogen-bond acceptors (Lipinski definition) is 3. The van der Waals surface area contributed by atoms with Crippen LogP contribution in [0.25, 0.3) is 0 Å². The van der Waals surface area contributed by atoms with Crippen molar-refractivity contribution in [3.8, 4) is 0 Å². The van der Waals surface area contributed by atoms with Gasteiger partial charge in [-0.2, -0.15) is 0 Å². The van der Waals surface area contributed by atoms with Crippen LogP contribution in [0.15, 0.2) is 4.99 Å².